The van der Waals surface area contributed by atoms with Crippen LogP contribution in [0.25, 0.3) is 0 Å². The van der Waals surface area contributed by atoms with Gasteiger partial charge in [-0.2, -0.15) is 0 Å². The summed E-state index contributed by atoms with van der Waals surface area (Å²) in [5, 5.41) is 5.63. The van der Waals surface area contributed by atoms with Crippen LogP contribution in [0.4, 0.5) is 5.69 Å². The predicted molar refractivity (Wildman–Crippen MR) is 85.3 cm³/mol. The summed E-state index contributed by atoms with van der Waals surface area (Å²) in [6, 6.07) is 5.81. The van der Waals surface area contributed by atoms with Gasteiger partial charge in [-0.3, -0.25) is 14.5 Å². The Balaban J connectivity index is 2.42. The number of benzene rings is 1. The Bertz CT molecular complexity index is 500. The molecule has 0 radical (unpaired) electrons. The van der Waals surface area contributed by atoms with E-state index in [1.165, 1.54) is 5.56 Å². The largest absolute Gasteiger partial charge is 0.355 e. The molecular weight excluding hydrogens is 266 g/mol. The highest BCUT2D eigenvalue weighted by Crippen LogP contribution is 2.13. The van der Waals surface area contributed by atoms with Gasteiger partial charge < -0.3 is 10.6 Å². The van der Waals surface area contributed by atoms with Crippen LogP contribution in [0.3, 0.4) is 0 Å². The Morgan fingerprint density at radius 3 is 2.38 bits per heavy atom. The summed E-state index contributed by atoms with van der Waals surface area (Å²) in [6.07, 6.45) is 0.905. The third-order valence-electron chi connectivity index (χ3n) is 3.19. The van der Waals surface area contributed by atoms with E-state index in [9.17, 15) is 9.59 Å². The summed E-state index contributed by atoms with van der Waals surface area (Å²) < 4.78 is 0. The Hall–Kier alpha value is -1.88. The van der Waals surface area contributed by atoms with Crippen molar-refractivity contribution in [1.82, 2.24) is 10.2 Å². The minimum atomic E-state index is -0.121. The van der Waals surface area contributed by atoms with Crippen molar-refractivity contribution < 1.29 is 9.59 Å². The van der Waals surface area contributed by atoms with Crippen LogP contribution in [0, 0.1) is 13.8 Å². The Labute approximate surface area is 126 Å². The number of hydrogen-bond acceptors (Lipinski definition) is 3. The number of rotatable bonds is 7. The lowest BCUT2D eigenvalue weighted by Gasteiger charge is -2.16. The van der Waals surface area contributed by atoms with Gasteiger partial charge in [0.15, 0.2) is 0 Å². The second-order valence-electron chi connectivity index (χ2n) is 5.37. The van der Waals surface area contributed by atoms with Gasteiger partial charge in [-0.25, -0.2) is 0 Å². The quantitative estimate of drug-likeness (QED) is 0.804. The molecule has 0 saturated carbocycles. The number of anilines is 1. The zero-order valence-electron chi connectivity index (χ0n) is 13.3. The van der Waals surface area contributed by atoms with Crippen LogP contribution in [0.2, 0.25) is 0 Å². The molecule has 1 aromatic carbocycles. The van der Waals surface area contributed by atoms with Crippen molar-refractivity contribution in [1.29, 1.82) is 0 Å². The van der Waals surface area contributed by atoms with Gasteiger partial charge in [0.1, 0.15) is 0 Å². The number of carbonyl (C=O) groups excluding carboxylic acids is 2. The fraction of sp³-hybridized carbons (Fsp3) is 0.500. The van der Waals surface area contributed by atoms with Gasteiger partial charge in [0.2, 0.25) is 11.8 Å². The van der Waals surface area contributed by atoms with E-state index in [0.717, 1.165) is 17.7 Å². The van der Waals surface area contributed by atoms with Gasteiger partial charge in [-0.05, 0) is 50.6 Å². The molecule has 5 nitrogen and oxygen atoms in total. The number of aryl methyl sites for hydroxylation is 2. The molecule has 0 aliphatic rings. The van der Waals surface area contributed by atoms with Gasteiger partial charge in [0.05, 0.1) is 13.1 Å². The van der Waals surface area contributed by atoms with Crippen molar-refractivity contribution in [3.63, 3.8) is 0 Å². The molecule has 0 spiro atoms. The highest BCUT2D eigenvalue weighted by molar-refractivity contribution is 5.92. The summed E-state index contributed by atoms with van der Waals surface area (Å²) >= 11 is 0. The maximum atomic E-state index is 11.9. The zero-order chi connectivity index (χ0) is 15.8. The summed E-state index contributed by atoms with van der Waals surface area (Å²) in [4.78, 5) is 25.2. The van der Waals surface area contributed by atoms with E-state index >= 15 is 0 Å². The number of nitrogens with one attached hydrogen (secondary N) is 2. The molecular formula is C16H25N3O2. The second-order valence-corrected chi connectivity index (χ2v) is 5.37. The van der Waals surface area contributed by atoms with E-state index in [1.807, 2.05) is 39.0 Å². The summed E-state index contributed by atoms with van der Waals surface area (Å²) in [5.74, 6) is -0.178. The van der Waals surface area contributed by atoms with Crippen molar-refractivity contribution in [2.45, 2.75) is 27.2 Å². The van der Waals surface area contributed by atoms with E-state index in [2.05, 4.69) is 10.6 Å². The Morgan fingerprint density at radius 1 is 1.10 bits per heavy atom. The third kappa shape index (κ3) is 6.40. The standard InChI is InChI=1S/C16H25N3O2/c1-5-8-17-15(20)10-19(4)11-16(21)18-14-7-6-12(2)13(3)9-14/h6-7,9H,5,8,10-11H2,1-4H3,(H,17,20)(H,18,21). The number of nitrogens with zero attached hydrogens (tertiary/aromatic N) is 1. The predicted octanol–water partition coefficient (Wildman–Crippen LogP) is 1.70. The van der Waals surface area contributed by atoms with Crippen molar-refractivity contribution >= 4 is 17.5 Å². The smallest absolute Gasteiger partial charge is 0.238 e. The van der Waals surface area contributed by atoms with E-state index in [0.29, 0.717) is 6.54 Å². The van der Waals surface area contributed by atoms with Crippen LogP contribution in [-0.4, -0.2) is 43.4 Å². The lowest BCUT2D eigenvalue weighted by molar-refractivity contribution is -0.122. The summed E-state index contributed by atoms with van der Waals surface area (Å²) in [6.45, 7) is 7.12. The fourth-order valence-corrected chi connectivity index (χ4v) is 1.89. The van der Waals surface area contributed by atoms with E-state index in [1.54, 1.807) is 11.9 Å². The lowest BCUT2D eigenvalue weighted by Crippen LogP contribution is -2.39. The number of carbonyl (C=O) groups is 2. The number of amides is 2. The molecule has 2 N–H and O–H groups in total. The Kier molecular flexibility index (Phi) is 6.88. The van der Waals surface area contributed by atoms with Gasteiger partial charge in [-0.1, -0.05) is 13.0 Å². The molecule has 21 heavy (non-hydrogen) atoms. The maximum absolute atomic E-state index is 11.9. The average molecular weight is 291 g/mol. The van der Waals surface area contributed by atoms with E-state index in [4.69, 9.17) is 0 Å². The fourth-order valence-electron chi connectivity index (χ4n) is 1.89. The first-order chi connectivity index (χ1) is 9.92. The molecule has 0 saturated heterocycles. The molecule has 0 aliphatic heterocycles. The number of hydrogen-bond donors (Lipinski definition) is 2. The highest BCUT2D eigenvalue weighted by atomic mass is 16.2. The first-order valence-corrected chi connectivity index (χ1v) is 7.24. The maximum Gasteiger partial charge on any atom is 0.238 e. The zero-order valence-corrected chi connectivity index (χ0v) is 13.3. The molecule has 1 aromatic rings. The topological polar surface area (TPSA) is 61.4 Å². The van der Waals surface area contributed by atoms with Crippen LogP contribution < -0.4 is 10.6 Å². The first-order valence-electron chi connectivity index (χ1n) is 7.24. The molecule has 2 amide bonds. The van der Waals surface area contributed by atoms with Crippen LogP contribution in [0.5, 0.6) is 0 Å². The SMILES string of the molecule is CCCNC(=O)CN(C)CC(=O)Nc1ccc(C)c(C)c1. The van der Waals surface area contributed by atoms with Gasteiger partial charge >= 0.3 is 0 Å². The molecule has 116 valence electrons. The molecule has 0 aromatic heterocycles. The van der Waals surface area contributed by atoms with Crippen molar-refractivity contribution in [3.8, 4) is 0 Å². The normalized spacial score (nSPS) is 10.5. The average Bonchev–Trinajstić information content (AvgIpc) is 2.40. The van der Waals surface area contributed by atoms with Crippen LogP contribution in [0.1, 0.15) is 24.5 Å². The van der Waals surface area contributed by atoms with Crippen LogP contribution >= 0.6 is 0 Å². The molecule has 0 unspecified atom stereocenters. The van der Waals surface area contributed by atoms with Crippen molar-refractivity contribution in [3.05, 3.63) is 29.3 Å². The molecule has 0 bridgehead atoms. The van der Waals surface area contributed by atoms with Crippen LogP contribution in [0.15, 0.2) is 18.2 Å². The van der Waals surface area contributed by atoms with Crippen molar-refractivity contribution in [2.24, 2.45) is 0 Å². The first kappa shape index (κ1) is 17.2. The monoisotopic (exact) mass is 291 g/mol. The van der Waals surface area contributed by atoms with E-state index < -0.39 is 0 Å². The van der Waals surface area contributed by atoms with Gasteiger partial charge in [0.25, 0.3) is 0 Å². The van der Waals surface area contributed by atoms with E-state index in [-0.39, 0.29) is 24.9 Å². The van der Waals surface area contributed by atoms with Gasteiger partial charge in [0, 0.05) is 12.2 Å². The van der Waals surface area contributed by atoms with Gasteiger partial charge in [-0.15, -0.1) is 0 Å². The molecule has 0 aliphatic carbocycles. The second kappa shape index (κ2) is 8.42. The third-order valence-corrected chi connectivity index (χ3v) is 3.19. The molecule has 5 heteroatoms. The molecule has 0 atom stereocenters. The highest BCUT2D eigenvalue weighted by Gasteiger charge is 2.10. The number of likely N-dealkylation sites (N-methyl/N-ethyl adjacent to an activating group) is 1. The molecule has 0 heterocycles. The van der Waals surface area contributed by atoms with Crippen molar-refractivity contribution in [2.75, 3.05) is 32.0 Å². The minimum Gasteiger partial charge on any atom is -0.355 e. The Morgan fingerprint density at radius 2 is 1.76 bits per heavy atom. The summed E-state index contributed by atoms with van der Waals surface area (Å²) in [7, 11) is 1.76. The molecule has 0 fully saturated rings. The van der Waals surface area contributed by atoms with Crippen LogP contribution in [-0.2, 0) is 9.59 Å². The summed E-state index contributed by atoms with van der Waals surface area (Å²) in [5.41, 5.74) is 3.12. The minimum absolute atomic E-state index is 0.0571. The molecule has 1 rings (SSSR count). The lowest BCUT2D eigenvalue weighted by atomic mass is 10.1.